The Morgan fingerprint density at radius 1 is 1.10 bits per heavy atom. The lowest BCUT2D eigenvalue weighted by Crippen LogP contribution is -2.25. The van der Waals surface area contributed by atoms with E-state index in [1.807, 2.05) is 12.3 Å². The maximum Gasteiger partial charge on any atom is 0.213 e. The molecule has 5 heteroatoms. The SMILES string of the molecule is CCN(CC)c1cccc(C(C)(S)CC(C)CCOc2ccc(C(C)C)cn2)n1. The smallest absolute Gasteiger partial charge is 0.213 e. The van der Waals surface area contributed by atoms with E-state index in [0.717, 1.165) is 37.4 Å². The van der Waals surface area contributed by atoms with Crippen molar-refractivity contribution in [2.75, 3.05) is 24.6 Å². The summed E-state index contributed by atoms with van der Waals surface area (Å²) in [6.45, 7) is 15.6. The van der Waals surface area contributed by atoms with Crippen molar-refractivity contribution in [3.8, 4) is 5.88 Å². The summed E-state index contributed by atoms with van der Waals surface area (Å²) in [5, 5.41) is 0. The van der Waals surface area contributed by atoms with E-state index in [1.165, 1.54) is 5.56 Å². The molecule has 2 atom stereocenters. The van der Waals surface area contributed by atoms with Crippen molar-refractivity contribution in [1.29, 1.82) is 0 Å². The average molecular weight is 416 g/mol. The van der Waals surface area contributed by atoms with Crippen LogP contribution in [-0.4, -0.2) is 29.7 Å². The van der Waals surface area contributed by atoms with Crippen molar-refractivity contribution in [3.05, 3.63) is 47.8 Å². The molecule has 2 heterocycles. The number of ether oxygens (including phenoxy) is 1. The summed E-state index contributed by atoms with van der Waals surface area (Å²) >= 11 is 4.98. The van der Waals surface area contributed by atoms with Crippen LogP contribution < -0.4 is 9.64 Å². The van der Waals surface area contributed by atoms with Crippen molar-refractivity contribution in [3.63, 3.8) is 0 Å². The summed E-state index contributed by atoms with van der Waals surface area (Å²) in [6, 6.07) is 10.3. The summed E-state index contributed by atoms with van der Waals surface area (Å²) < 4.78 is 5.57. The van der Waals surface area contributed by atoms with Gasteiger partial charge in [-0.15, -0.1) is 0 Å². The Labute approximate surface area is 182 Å². The molecular formula is C24H37N3OS. The van der Waals surface area contributed by atoms with Gasteiger partial charge in [-0.25, -0.2) is 9.97 Å². The molecule has 0 aromatic carbocycles. The van der Waals surface area contributed by atoms with Crippen LogP contribution in [0.2, 0.25) is 0 Å². The highest BCUT2D eigenvalue weighted by atomic mass is 32.1. The molecule has 2 aromatic rings. The zero-order valence-electron chi connectivity index (χ0n) is 18.9. The lowest BCUT2D eigenvalue weighted by molar-refractivity contribution is 0.263. The standard InChI is InChI=1S/C24H37N3OS/c1-7-27(8-2)22-11-9-10-21(26-22)24(6,29)16-19(5)14-15-28-23-13-12-20(17-25-23)18(3)4/h9-13,17-19,29H,7-8,14-16H2,1-6H3. The average Bonchev–Trinajstić information content (AvgIpc) is 2.69. The highest BCUT2D eigenvalue weighted by molar-refractivity contribution is 7.81. The van der Waals surface area contributed by atoms with Gasteiger partial charge < -0.3 is 9.64 Å². The molecule has 2 rings (SSSR count). The Balaban J connectivity index is 1.90. The fourth-order valence-electron chi connectivity index (χ4n) is 3.52. The van der Waals surface area contributed by atoms with Crippen molar-refractivity contribution < 1.29 is 4.74 Å². The quantitative estimate of drug-likeness (QED) is 0.451. The van der Waals surface area contributed by atoms with Crippen LogP contribution in [-0.2, 0) is 4.75 Å². The van der Waals surface area contributed by atoms with E-state index < -0.39 is 0 Å². The van der Waals surface area contributed by atoms with Gasteiger partial charge in [0.15, 0.2) is 0 Å². The number of hydrogen-bond acceptors (Lipinski definition) is 5. The molecule has 4 nitrogen and oxygen atoms in total. The molecule has 0 N–H and O–H groups in total. The molecule has 2 unspecified atom stereocenters. The molecule has 0 aliphatic heterocycles. The molecule has 0 aliphatic rings. The number of nitrogens with zero attached hydrogens (tertiary/aromatic N) is 3. The lowest BCUT2D eigenvalue weighted by Gasteiger charge is -2.28. The minimum atomic E-state index is -0.278. The molecule has 0 saturated heterocycles. The second kappa shape index (κ2) is 10.9. The molecule has 0 bridgehead atoms. The molecule has 29 heavy (non-hydrogen) atoms. The minimum Gasteiger partial charge on any atom is -0.478 e. The van der Waals surface area contributed by atoms with Crippen LogP contribution in [0.3, 0.4) is 0 Å². The number of pyridine rings is 2. The van der Waals surface area contributed by atoms with Gasteiger partial charge >= 0.3 is 0 Å². The second-order valence-corrected chi connectivity index (χ2v) is 9.35. The van der Waals surface area contributed by atoms with Gasteiger partial charge in [0.2, 0.25) is 5.88 Å². The third-order valence-corrected chi connectivity index (χ3v) is 5.82. The first-order valence-corrected chi connectivity index (χ1v) is 11.2. The van der Waals surface area contributed by atoms with E-state index in [1.54, 1.807) is 0 Å². The maximum atomic E-state index is 5.85. The molecule has 160 valence electrons. The van der Waals surface area contributed by atoms with Gasteiger partial charge in [0.1, 0.15) is 5.82 Å². The maximum absolute atomic E-state index is 5.85. The summed E-state index contributed by atoms with van der Waals surface area (Å²) in [4.78, 5) is 11.6. The molecule has 0 saturated carbocycles. The Morgan fingerprint density at radius 3 is 2.41 bits per heavy atom. The zero-order valence-corrected chi connectivity index (χ0v) is 19.7. The second-order valence-electron chi connectivity index (χ2n) is 8.36. The Kier molecular flexibility index (Phi) is 8.81. The Morgan fingerprint density at radius 2 is 1.83 bits per heavy atom. The number of rotatable bonds is 11. The molecular weight excluding hydrogens is 378 g/mol. The highest BCUT2D eigenvalue weighted by Gasteiger charge is 2.26. The van der Waals surface area contributed by atoms with Gasteiger partial charge in [-0.2, -0.15) is 12.6 Å². The predicted octanol–water partition coefficient (Wildman–Crippen LogP) is 6.09. The molecule has 0 spiro atoms. The Bertz CT molecular complexity index is 742. The van der Waals surface area contributed by atoms with Gasteiger partial charge in [0.05, 0.1) is 17.0 Å². The topological polar surface area (TPSA) is 38.2 Å². The first-order valence-electron chi connectivity index (χ1n) is 10.8. The van der Waals surface area contributed by atoms with Crippen LogP contribution >= 0.6 is 12.6 Å². The zero-order chi connectivity index (χ0) is 21.4. The first kappa shape index (κ1) is 23.5. The first-order chi connectivity index (χ1) is 13.8. The van der Waals surface area contributed by atoms with E-state index in [-0.39, 0.29) is 4.75 Å². The van der Waals surface area contributed by atoms with Crippen molar-refractivity contribution in [1.82, 2.24) is 9.97 Å². The van der Waals surface area contributed by atoms with Crippen LogP contribution in [0.5, 0.6) is 5.88 Å². The highest BCUT2D eigenvalue weighted by Crippen LogP contribution is 2.35. The number of anilines is 1. The van der Waals surface area contributed by atoms with Gasteiger partial charge in [0, 0.05) is 25.4 Å². The van der Waals surface area contributed by atoms with Crippen molar-refractivity contribution in [2.45, 2.75) is 65.0 Å². The molecule has 0 radical (unpaired) electrons. The minimum absolute atomic E-state index is 0.278. The summed E-state index contributed by atoms with van der Waals surface area (Å²) in [7, 11) is 0. The van der Waals surface area contributed by atoms with Gasteiger partial charge in [0.25, 0.3) is 0 Å². The molecule has 2 aromatic heterocycles. The van der Waals surface area contributed by atoms with Crippen LogP contribution in [0.4, 0.5) is 5.82 Å². The third-order valence-electron chi connectivity index (χ3n) is 5.41. The van der Waals surface area contributed by atoms with E-state index in [2.05, 4.69) is 75.7 Å². The fourth-order valence-corrected chi connectivity index (χ4v) is 3.95. The third kappa shape index (κ3) is 6.91. The van der Waals surface area contributed by atoms with Gasteiger partial charge in [-0.1, -0.05) is 32.9 Å². The number of aromatic nitrogens is 2. The lowest BCUT2D eigenvalue weighted by atomic mass is 9.91. The molecule has 0 amide bonds. The largest absolute Gasteiger partial charge is 0.478 e. The van der Waals surface area contributed by atoms with Gasteiger partial charge in [-0.3, -0.25) is 0 Å². The number of thiol groups is 1. The fraction of sp³-hybridized carbons (Fsp3) is 0.583. The van der Waals surface area contributed by atoms with Crippen molar-refractivity contribution in [2.24, 2.45) is 5.92 Å². The normalized spacial score (nSPS) is 14.5. The van der Waals surface area contributed by atoms with E-state index >= 15 is 0 Å². The van der Waals surface area contributed by atoms with E-state index in [4.69, 9.17) is 22.3 Å². The predicted molar refractivity (Wildman–Crippen MR) is 126 cm³/mol. The van der Waals surface area contributed by atoms with Gasteiger partial charge in [-0.05, 0) is 63.1 Å². The Hall–Kier alpha value is -1.75. The summed E-state index contributed by atoms with van der Waals surface area (Å²) in [5.41, 5.74) is 2.26. The number of hydrogen-bond donors (Lipinski definition) is 1. The van der Waals surface area contributed by atoms with Crippen LogP contribution in [0.1, 0.15) is 71.6 Å². The summed E-state index contributed by atoms with van der Waals surface area (Å²) in [5.74, 6) is 2.67. The van der Waals surface area contributed by atoms with E-state index in [0.29, 0.717) is 24.3 Å². The van der Waals surface area contributed by atoms with E-state index in [9.17, 15) is 0 Å². The molecule has 0 aliphatic carbocycles. The van der Waals surface area contributed by atoms with Crippen LogP contribution in [0.15, 0.2) is 36.5 Å². The molecule has 0 fully saturated rings. The van der Waals surface area contributed by atoms with Crippen LogP contribution in [0, 0.1) is 5.92 Å². The van der Waals surface area contributed by atoms with Crippen molar-refractivity contribution >= 4 is 18.4 Å². The van der Waals surface area contributed by atoms with Crippen LogP contribution in [0.25, 0.3) is 0 Å². The monoisotopic (exact) mass is 415 g/mol. The summed E-state index contributed by atoms with van der Waals surface area (Å²) in [6.07, 6.45) is 3.80.